The minimum absolute atomic E-state index is 0.282. The maximum Gasteiger partial charge on any atom is 0.407 e. The van der Waals surface area contributed by atoms with Crippen molar-refractivity contribution in [3.05, 3.63) is 29.3 Å². The van der Waals surface area contributed by atoms with E-state index >= 15 is 0 Å². The van der Waals surface area contributed by atoms with E-state index in [9.17, 15) is 4.79 Å². The molecule has 0 aromatic heterocycles. The van der Waals surface area contributed by atoms with E-state index in [2.05, 4.69) is 5.32 Å². The zero-order valence-electron chi connectivity index (χ0n) is 11.6. The quantitative estimate of drug-likeness (QED) is 0.908. The van der Waals surface area contributed by atoms with Crippen molar-refractivity contribution >= 4 is 6.09 Å². The lowest BCUT2D eigenvalue weighted by Gasteiger charge is -2.20. The van der Waals surface area contributed by atoms with Crippen LogP contribution in [0.3, 0.4) is 0 Å². The van der Waals surface area contributed by atoms with Crippen molar-refractivity contribution < 1.29 is 14.3 Å². The maximum atomic E-state index is 11.5. The molecule has 1 aromatic carbocycles. The van der Waals surface area contributed by atoms with Crippen LogP contribution in [0, 0.1) is 11.3 Å². The first-order chi connectivity index (χ1) is 8.85. The molecule has 0 aliphatic carbocycles. The smallest absolute Gasteiger partial charge is 0.407 e. The summed E-state index contributed by atoms with van der Waals surface area (Å²) in [7, 11) is 1.52. The standard InChI is InChI=1S/C14H18N2O3/c1-14(2,3)19-13(17)16-9-11-6-5-10(8-15)7-12(11)18-4/h5-7H,9H2,1-4H3,(H,16,17). The third-order valence-corrected chi connectivity index (χ3v) is 2.24. The lowest BCUT2D eigenvalue weighted by molar-refractivity contribution is 0.0523. The number of rotatable bonds is 3. The zero-order chi connectivity index (χ0) is 14.5. The van der Waals surface area contributed by atoms with Crippen LogP contribution in [-0.4, -0.2) is 18.8 Å². The van der Waals surface area contributed by atoms with Crippen molar-refractivity contribution in [3.63, 3.8) is 0 Å². The van der Waals surface area contributed by atoms with Crippen LogP contribution < -0.4 is 10.1 Å². The molecule has 1 rings (SSSR count). The van der Waals surface area contributed by atoms with Crippen LogP contribution in [0.1, 0.15) is 31.9 Å². The summed E-state index contributed by atoms with van der Waals surface area (Å²) in [6, 6.07) is 7.08. The van der Waals surface area contributed by atoms with Crippen molar-refractivity contribution in [2.45, 2.75) is 32.9 Å². The van der Waals surface area contributed by atoms with Gasteiger partial charge in [0.15, 0.2) is 0 Å². The van der Waals surface area contributed by atoms with Crippen LogP contribution in [0.15, 0.2) is 18.2 Å². The molecule has 19 heavy (non-hydrogen) atoms. The second-order valence-electron chi connectivity index (χ2n) is 4.99. The van der Waals surface area contributed by atoms with Gasteiger partial charge in [-0.25, -0.2) is 4.79 Å². The predicted molar refractivity (Wildman–Crippen MR) is 70.8 cm³/mol. The number of hydrogen-bond donors (Lipinski definition) is 1. The molecular formula is C14H18N2O3. The number of alkyl carbamates (subject to hydrolysis) is 1. The van der Waals surface area contributed by atoms with E-state index in [1.165, 1.54) is 7.11 Å². The van der Waals surface area contributed by atoms with E-state index in [-0.39, 0.29) is 6.54 Å². The first-order valence-corrected chi connectivity index (χ1v) is 5.89. The van der Waals surface area contributed by atoms with Crippen LogP contribution >= 0.6 is 0 Å². The van der Waals surface area contributed by atoms with E-state index in [1.807, 2.05) is 6.07 Å². The van der Waals surface area contributed by atoms with Crippen LogP contribution in [0.5, 0.6) is 5.75 Å². The SMILES string of the molecule is COc1cc(C#N)ccc1CNC(=O)OC(C)(C)C. The Kier molecular flexibility index (Phi) is 4.76. The molecule has 0 fully saturated rings. The molecule has 102 valence electrons. The molecule has 0 saturated carbocycles. The van der Waals surface area contributed by atoms with Gasteiger partial charge in [0.2, 0.25) is 0 Å². The highest BCUT2D eigenvalue weighted by Crippen LogP contribution is 2.19. The minimum atomic E-state index is -0.529. The van der Waals surface area contributed by atoms with Gasteiger partial charge in [-0.05, 0) is 32.9 Å². The predicted octanol–water partition coefficient (Wildman–Crippen LogP) is 2.59. The van der Waals surface area contributed by atoms with E-state index in [0.717, 1.165) is 5.56 Å². The number of nitrogens with zero attached hydrogens (tertiary/aromatic N) is 1. The largest absolute Gasteiger partial charge is 0.496 e. The van der Waals surface area contributed by atoms with Crippen LogP contribution in [0.25, 0.3) is 0 Å². The Morgan fingerprint density at radius 2 is 2.11 bits per heavy atom. The Balaban J connectivity index is 2.68. The number of benzene rings is 1. The average molecular weight is 262 g/mol. The summed E-state index contributed by atoms with van der Waals surface area (Å²) >= 11 is 0. The number of amides is 1. The zero-order valence-corrected chi connectivity index (χ0v) is 11.6. The van der Waals surface area contributed by atoms with Gasteiger partial charge in [-0.3, -0.25) is 0 Å². The van der Waals surface area contributed by atoms with E-state index in [4.69, 9.17) is 14.7 Å². The number of nitriles is 1. The maximum absolute atomic E-state index is 11.5. The fraction of sp³-hybridized carbons (Fsp3) is 0.429. The topological polar surface area (TPSA) is 71.3 Å². The van der Waals surface area contributed by atoms with Gasteiger partial charge in [0.1, 0.15) is 11.4 Å². The molecular weight excluding hydrogens is 244 g/mol. The van der Waals surface area contributed by atoms with Crippen molar-refractivity contribution in [1.82, 2.24) is 5.32 Å². The Morgan fingerprint density at radius 3 is 2.63 bits per heavy atom. The molecule has 5 nitrogen and oxygen atoms in total. The van der Waals surface area contributed by atoms with Gasteiger partial charge in [-0.2, -0.15) is 5.26 Å². The molecule has 0 spiro atoms. The number of hydrogen-bond acceptors (Lipinski definition) is 4. The normalized spacial score (nSPS) is 10.5. The molecule has 0 heterocycles. The summed E-state index contributed by atoms with van der Waals surface area (Å²) in [6.07, 6.45) is -0.487. The molecule has 0 unspecified atom stereocenters. The summed E-state index contributed by atoms with van der Waals surface area (Å²) in [4.78, 5) is 11.5. The fourth-order valence-corrected chi connectivity index (χ4v) is 1.44. The van der Waals surface area contributed by atoms with Gasteiger partial charge in [0, 0.05) is 12.1 Å². The van der Waals surface area contributed by atoms with E-state index < -0.39 is 11.7 Å². The Morgan fingerprint density at radius 1 is 1.42 bits per heavy atom. The Labute approximate surface area is 113 Å². The molecule has 0 aliphatic heterocycles. The summed E-state index contributed by atoms with van der Waals surface area (Å²) in [5.41, 5.74) is 0.768. The van der Waals surface area contributed by atoms with Gasteiger partial charge >= 0.3 is 6.09 Å². The average Bonchev–Trinajstić information content (AvgIpc) is 2.34. The van der Waals surface area contributed by atoms with Crippen LogP contribution in [-0.2, 0) is 11.3 Å². The summed E-state index contributed by atoms with van der Waals surface area (Å²) in [6.45, 7) is 5.68. The second-order valence-corrected chi connectivity index (χ2v) is 4.99. The van der Waals surface area contributed by atoms with Gasteiger partial charge in [0.05, 0.1) is 18.7 Å². The lowest BCUT2D eigenvalue weighted by atomic mass is 10.1. The first-order valence-electron chi connectivity index (χ1n) is 5.89. The molecule has 0 radical (unpaired) electrons. The summed E-state index contributed by atoms with van der Waals surface area (Å²) < 4.78 is 10.3. The summed E-state index contributed by atoms with van der Waals surface area (Å²) in [5.74, 6) is 0.565. The number of ether oxygens (including phenoxy) is 2. The number of carbonyl (C=O) groups excluding carboxylic acids is 1. The minimum Gasteiger partial charge on any atom is -0.496 e. The molecule has 1 amide bonds. The summed E-state index contributed by atoms with van der Waals surface area (Å²) in [5, 5.41) is 11.4. The van der Waals surface area contributed by atoms with Gasteiger partial charge in [-0.15, -0.1) is 0 Å². The van der Waals surface area contributed by atoms with Crippen molar-refractivity contribution in [2.75, 3.05) is 7.11 Å². The first kappa shape index (κ1) is 14.8. The Bertz CT molecular complexity index is 498. The van der Waals surface area contributed by atoms with Crippen molar-refractivity contribution in [3.8, 4) is 11.8 Å². The molecule has 0 saturated heterocycles. The second kappa shape index (κ2) is 6.10. The van der Waals surface area contributed by atoms with Gasteiger partial charge < -0.3 is 14.8 Å². The van der Waals surface area contributed by atoms with Crippen LogP contribution in [0.4, 0.5) is 4.79 Å². The lowest BCUT2D eigenvalue weighted by Crippen LogP contribution is -2.32. The molecule has 1 N–H and O–H groups in total. The van der Waals surface area contributed by atoms with Crippen molar-refractivity contribution in [1.29, 1.82) is 5.26 Å². The van der Waals surface area contributed by atoms with E-state index in [1.54, 1.807) is 39.0 Å². The van der Waals surface area contributed by atoms with Gasteiger partial charge in [0.25, 0.3) is 0 Å². The molecule has 0 atom stereocenters. The number of methoxy groups -OCH3 is 1. The van der Waals surface area contributed by atoms with Gasteiger partial charge in [-0.1, -0.05) is 6.07 Å². The molecule has 5 heteroatoms. The highest BCUT2D eigenvalue weighted by atomic mass is 16.6. The number of nitrogens with one attached hydrogen (secondary N) is 1. The third-order valence-electron chi connectivity index (χ3n) is 2.24. The molecule has 0 aliphatic rings. The fourth-order valence-electron chi connectivity index (χ4n) is 1.44. The highest BCUT2D eigenvalue weighted by Gasteiger charge is 2.16. The third kappa shape index (κ3) is 4.88. The highest BCUT2D eigenvalue weighted by molar-refractivity contribution is 5.67. The van der Waals surface area contributed by atoms with E-state index in [0.29, 0.717) is 11.3 Å². The van der Waals surface area contributed by atoms with Crippen LogP contribution in [0.2, 0.25) is 0 Å². The number of carbonyl (C=O) groups is 1. The molecule has 1 aromatic rings. The monoisotopic (exact) mass is 262 g/mol. The Hall–Kier alpha value is -2.22. The molecule has 0 bridgehead atoms. The van der Waals surface area contributed by atoms with Crippen molar-refractivity contribution in [2.24, 2.45) is 0 Å².